The molecule has 112 valence electrons. The first kappa shape index (κ1) is 16.8. The molecule has 4 N–H and O–H groups in total. The zero-order chi connectivity index (χ0) is 13.5. The topological polar surface area (TPSA) is 76.4 Å². The van der Waals surface area contributed by atoms with Gasteiger partial charge in [-0.25, -0.2) is 0 Å². The van der Waals surface area contributed by atoms with Crippen LogP contribution < -0.4 is 21.1 Å². The predicted molar refractivity (Wildman–Crippen MR) is 82.5 cm³/mol. The number of hydrogen-bond acceptors (Lipinski definition) is 4. The summed E-state index contributed by atoms with van der Waals surface area (Å²) in [7, 11) is 0. The van der Waals surface area contributed by atoms with E-state index in [1.54, 1.807) is 0 Å². The highest BCUT2D eigenvalue weighted by molar-refractivity contribution is 5.94. The van der Waals surface area contributed by atoms with Gasteiger partial charge in [0.15, 0.2) is 0 Å². The SMILES string of the molecule is Cl.NCCOc1ccc(NC(=O)C2CCCCN2)cc1. The van der Waals surface area contributed by atoms with E-state index in [9.17, 15) is 4.79 Å². The summed E-state index contributed by atoms with van der Waals surface area (Å²) in [5.41, 5.74) is 6.16. The van der Waals surface area contributed by atoms with Gasteiger partial charge in [0.1, 0.15) is 12.4 Å². The summed E-state index contributed by atoms with van der Waals surface area (Å²) in [6.45, 7) is 1.91. The van der Waals surface area contributed by atoms with E-state index in [2.05, 4.69) is 10.6 Å². The van der Waals surface area contributed by atoms with Crippen LogP contribution in [0.25, 0.3) is 0 Å². The molecule has 0 aromatic heterocycles. The van der Waals surface area contributed by atoms with Crippen molar-refractivity contribution in [3.8, 4) is 5.75 Å². The van der Waals surface area contributed by atoms with Crippen molar-refractivity contribution in [2.75, 3.05) is 25.0 Å². The van der Waals surface area contributed by atoms with E-state index >= 15 is 0 Å². The summed E-state index contributed by atoms with van der Waals surface area (Å²) < 4.78 is 5.38. The van der Waals surface area contributed by atoms with Gasteiger partial charge in [-0.15, -0.1) is 12.4 Å². The number of piperidine rings is 1. The lowest BCUT2D eigenvalue weighted by molar-refractivity contribution is -0.118. The van der Waals surface area contributed by atoms with Crippen LogP contribution in [0.1, 0.15) is 19.3 Å². The molecule has 0 spiro atoms. The molecule has 1 saturated heterocycles. The Morgan fingerprint density at radius 2 is 2.10 bits per heavy atom. The van der Waals surface area contributed by atoms with E-state index in [0.29, 0.717) is 13.2 Å². The molecule has 5 nitrogen and oxygen atoms in total. The van der Waals surface area contributed by atoms with Crippen molar-refractivity contribution in [1.29, 1.82) is 0 Å². The van der Waals surface area contributed by atoms with Gasteiger partial charge in [0.2, 0.25) is 5.91 Å². The summed E-state index contributed by atoms with van der Waals surface area (Å²) in [4.78, 5) is 12.0. The number of amides is 1. The maximum atomic E-state index is 12.0. The van der Waals surface area contributed by atoms with Gasteiger partial charge in [-0.05, 0) is 43.7 Å². The fourth-order valence-corrected chi connectivity index (χ4v) is 2.12. The van der Waals surface area contributed by atoms with Crippen LogP contribution in [-0.4, -0.2) is 31.6 Å². The number of carbonyl (C=O) groups is 1. The largest absolute Gasteiger partial charge is 0.492 e. The van der Waals surface area contributed by atoms with E-state index in [1.807, 2.05) is 24.3 Å². The molecule has 1 heterocycles. The Labute approximate surface area is 125 Å². The third-order valence-electron chi connectivity index (χ3n) is 3.14. The maximum Gasteiger partial charge on any atom is 0.241 e. The molecule has 1 atom stereocenters. The minimum Gasteiger partial charge on any atom is -0.492 e. The number of halogens is 1. The van der Waals surface area contributed by atoms with Gasteiger partial charge in [-0.3, -0.25) is 4.79 Å². The zero-order valence-corrected chi connectivity index (χ0v) is 12.2. The van der Waals surface area contributed by atoms with Crippen LogP contribution in [0, 0.1) is 0 Å². The Morgan fingerprint density at radius 3 is 2.70 bits per heavy atom. The van der Waals surface area contributed by atoms with Crippen molar-refractivity contribution in [3.63, 3.8) is 0 Å². The molecule has 1 unspecified atom stereocenters. The Bertz CT molecular complexity index is 405. The highest BCUT2D eigenvalue weighted by Crippen LogP contribution is 2.16. The minimum atomic E-state index is -0.0677. The first-order chi connectivity index (χ1) is 9.29. The summed E-state index contributed by atoms with van der Waals surface area (Å²) in [5.74, 6) is 0.801. The lowest BCUT2D eigenvalue weighted by Gasteiger charge is -2.22. The highest BCUT2D eigenvalue weighted by Gasteiger charge is 2.20. The summed E-state index contributed by atoms with van der Waals surface area (Å²) in [6.07, 6.45) is 3.16. The predicted octanol–water partition coefficient (Wildman–Crippen LogP) is 1.53. The normalized spacial score (nSPS) is 17.9. The number of anilines is 1. The van der Waals surface area contributed by atoms with Crippen LogP contribution >= 0.6 is 12.4 Å². The second-order valence-electron chi connectivity index (χ2n) is 4.65. The molecule has 1 fully saturated rings. The van der Waals surface area contributed by atoms with Gasteiger partial charge in [-0.2, -0.15) is 0 Å². The van der Waals surface area contributed by atoms with Crippen molar-refractivity contribution in [2.45, 2.75) is 25.3 Å². The lowest BCUT2D eigenvalue weighted by Crippen LogP contribution is -2.43. The number of hydrogen-bond donors (Lipinski definition) is 3. The molecule has 0 saturated carbocycles. The molecule has 1 aliphatic rings. The average Bonchev–Trinajstić information content (AvgIpc) is 2.47. The third-order valence-corrected chi connectivity index (χ3v) is 3.14. The zero-order valence-electron chi connectivity index (χ0n) is 11.4. The first-order valence-electron chi connectivity index (χ1n) is 6.77. The standard InChI is InChI=1S/C14H21N3O2.ClH/c15-8-10-19-12-6-4-11(5-7-12)17-14(18)13-3-1-2-9-16-13;/h4-7,13,16H,1-3,8-10,15H2,(H,17,18);1H. The third kappa shape index (κ3) is 5.00. The van der Waals surface area contributed by atoms with Crippen LogP contribution in [0.3, 0.4) is 0 Å². The van der Waals surface area contributed by atoms with E-state index < -0.39 is 0 Å². The van der Waals surface area contributed by atoms with E-state index in [-0.39, 0.29) is 24.4 Å². The molecule has 6 heteroatoms. The summed E-state index contributed by atoms with van der Waals surface area (Å²) in [5, 5.41) is 6.14. The van der Waals surface area contributed by atoms with Gasteiger partial charge in [0.05, 0.1) is 6.04 Å². The van der Waals surface area contributed by atoms with Crippen molar-refractivity contribution in [1.82, 2.24) is 5.32 Å². The minimum absolute atomic E-state index is 0. The van der Waals surface area contributed by atoms with Crippen molar-refractivity contribution >= 4 is 24.0 Å². The number of benzene rings is 1. The number of nitrogens with two attached hydrogens (primary N) is 1. The quantitative estimate of drug-likeness (QED) is 0.770. The number of ether oxygens (including phenoxy) is 1. The molecule has 0 radical (unpaired) electrons. The second-order valence-corrected chi connectivity index (χ2v) is 4.65. The van der Waals surface area contributed by atoms with E-state index in [4.69, 9.17) is 10.5 Å². The van der Waals surface area contributed by atoms with Crippen molar-refractivity contribution in [2.24, 2.45) is 5.73 Å². The Morgan fingerprint density at radius 1 is 1.35 bits per heavy atom. The molecular weight excluding hydrogens is 278 g/mol. The van der Waals surface area contributed by atoms with Gasteiger partial charge in [-0.1, -0.05) is 6.42 Å². The van der Waals surface area contributed by atoms with Crippen LogP contribution in [0.4, 0.5) is 5.69 Å². The first-order valence-corrected chi connectivity index (χ1v) is 6.77. The maximum absolute atomic E-state index is 12.0. The monoisotopic (exact) mass is 299 g/mol. The van der Waals surface area contributed by atoms with Crippen LogP contribution in [0.5, 0.6) is 5.75 Å². The van der Waals surface area contributed by atoms with Crippen molar-refractivity contribution in [3.05, 3.63) is 24.3 Å². The molecule has 1 amide bonds. The molecule has 2 rings (SSSR count). The Kier molecular flexibility index (Phi) is 7.36. The Hall–Kier alpha value is -1.30. The van der Waals surface area contributed by atoms with Crippen LogP contribution in [-0.2, 0) is 4.79 Å². The average molecular weight is 300 g/mol. The number of nitrogens with one attached hydrogen (secondary N) is 2. The number of carbonyl (C=O) groups excluding carboxylic acids is 1. The Balaban J connectivity index is 0.00000200. The van der Waals surface area contributed by atoms with Gasteiger partial charge >= 0.3 is 0 Å². The van der Waals surface area contributed by atoms with Gasteiger partial charge < -0.3 is 21.1 Å². The number of rotatable bonds is 5. The van der Waals surface area contributed by atoms with Gasteiger partial charge in [0.25, 0.3) is 0 Å². The molecule has 20 heavy (non-hydrogen) atoms. The summed E-state index contributed by atoms with van der Waals surface area (Å²) in [6, 6.07) is 7.28. The van der Waals surface area contributed by atoms with Crippen LogP contribution in [0.15, 0.2) is 24.3 Å². The van der Waals surface area contributed by atoms with E-state index in [1.165, 1.54) is 0 Å². The lowest BCUT2D eigenvalue weighted by atomic mass is 10.0. The molecule has 1 aliphatic heterocycles. The highest BCUT2D eigenvalue weighted by atomic mass is 35.5. The van der Waals surface area contributed by atoms with Crippen molar-refractivity contribution < 1.29 is 9.53 Å². The fraction of sp³-hybridized carbons (Fsp3) is 0.500. The molecule has 0 aliphatic carbocycles. The molecular formula is C14H22ClN3O2. The van der Waals surface area contributed by atoms with Gasteiger partial charge in [0, 0.05) is 12.2 Å². The van der Waals surface area contributed by atoms with E-state index in [0.717, 1.165) is 37.2 Å². The smallest absolute Gasteiger partial charge is 0.241 e. The summed E-state index contributed by atoms with van der Waals surface area (Å²) >= 11 is 0. The second kappa shape index (κ2) is 8.79. The van der Waals surface area contributed by atoms with Crippen LogP contribution in [0.2, 0.25) is 0 Å². The molecule has 0 bridgehead atoms. The fourth-order valence-electron chi connectivity index (χ4n) is 2.12. The molecule has 1 aromatic rings. The molecule has 1 aromatic carbocycles.